The number of benzene rings is 3. The Morgan fingerprint density at radius 2 is 1.56 bits per heavy atom. The minimum Gasteiger partial charge on any atom is -0.452 e. The molecule has 1 amide bonds. The van der Waals surface area contributed by atoms with E-state index in [2.05, 4.69) is 10.6 Å². The van der Waals surface area contributed by atoms with Crippen LogP contribution in [0.25, 0.3) is 0 Å². The molecule has 0 aliphatic rings. The van der Waals surface area contributed by atoms with Crippen molar-refractivity contribution in [3.8, 4) is 0 Å². The number of carbonyl (C=O) groups excluding carboxylic acids is 2. The average Bonchev–Trinajstić information content (AvgIpc) is 2.67. The third-order valence-electron chi connectivity index (χ3n) is 3.64. The van der Waals surface area contributed by atoms with Gasteiger partial charge in [-0.25, -0.2) is 4.79 Å². The van der Waals surface area contributed by atoms with E-state index in [0.717, 1.165) is 5.69 Å². The number of rotatable bonds is 6. The summed E-state index contributed by atoms with van der Waals surface area (Å²) in [6.07, 6.45) is 0. The number of esters is 1. The van der Waals surface area contributed by atoms with Gasteiger partial charge in [0.1, 0.15) is 0 Å². The largest absolute Gasteiger partial charge is 0.452 e. The predicted molar refractivity (Wildman–Crippen MR) is 107 cm³/mol. The highest BCUT2D eigenvalue weighted by atomic mass is 35.5. The number of amides is 1. The van der Waals surface area contributed by atoms with Crippen LogP contribution in [0.3, 0.4) is 0 Å². The minimum atomic E-state index is -0.588. The number of nitrogens with one attached hydrogen (secondary N) is 2. The van der Waals surface area contributed by atoms with Crippen molar-refractivity contribution in [2.75, 3.05) is 17.2 Å². The van der Waals surface area contributed by atoms with Gasteiger partial charge in [0.05, 0.1) is 11.3 Å². The molecule has 6 heteroatoms. The summed E-state index contributed by atoms with van der Waals surface area (Å²) in [7, 11) is 0. The molecule has 0 radical (unpaired) electrons. The summed E-state index contributed by atoms with van der Waals surface area (Å²) < 4.78 is 5.15. The van der Waals surface area contributed by atoms with Crippen molar-refractivity contribution in [3.05, 3.63) is 89.4 Å². The van der Waals surface area contributed by atoms with Crippen molar-refractivity contribution < 1.29 is 14.3 Å². The normalized spacial score (nSPS) is 10.1. The second kappa shape index (κ2) is 8.87. The number of anilines is 3. The lowest BCUT2D eigenvalue weighted by Crippen LogP contribution is -2.21. The fourth-order valence-electron chi connectivity index (χ4n) is 2.42. The van der Waals surface area contributed by atoms with E-state index >= 15 is 0 Å². The van der Waals surface area contributed by atoms with Gasteiger partial charge in [0.15, 0.2) is 6.61 Å². The minimum absolute atomic E-state index is 0.344. The number of carbonyl (C=O) groups is 2. The molecule has 3 aromatic rings. The molecule has 0 aliphatic heterocycles. The summed E-state index contributed by atoms with van der Waals surface area (Å²) in [5.74, 6) is -1.03. The van der Waals surface area contributed by atoms with Crippen LogP contribution in [0.5, 0.6) is 0 Å². The van der Waals surface area contributed by atoms with Crippen LogP contribution in [0.1, 0.15) is 10.4 Å². The molecule has 0 saturated heterocycles. The highest BCUT2D eigenvalue weighted by molar-refractivity contribution is 6.30. The van der Waals surface area contributed by atoms with Gasteiger partial charge in [0.2, 0.25) is 0 Å². The zero-order chi connectivity index (χ0) is 19.1. The quantitative estimate of drug-likeness (QED) is 0.598. The Bertz CT molecular complexity index is 945. The first-order valence-corrected chi connectivity index (χ1v) is 8.63. The second-order valence-electron chi connectivity index (χ2n) is 5.67. The maximum Gasteiger partial charge on any atom is 0.340 e. The Labute approximate surface area is 161 Å². The zero-order valence-electron chi connectivity index (χ0n) is 14.3. The molecule has 0 spiro atoms. The van der Waals surface area contributed by atoms with E-state index in [1.165, 1.54) is 0 Å². The molecule has 0 heterocycles. The monoisotopic (exact) mass is 380 g/mol. The summed E-state index contributed by atoms with van der Waals surface area (Å²) in [6, 6.07) is 23.2. The summed E-state index contributed by atoms with van der Waals surface area (Å²) >= 11 is 5.88. The van der Waals surface area contributed by atoms with Gasteiger partial charge in [-0.05, 0) is 42.5 Å². The Kier molecular flexibility index (Phi) is 6.07. The Hall–Kier alpha value is -3.31. The van der Waals surface area contributed by atoms with Crippen molar-refractivity contribution in [2.24, 2.45) is 0 Å². The van der Waals surface area contributed by atoms with Crippen LogP contribution in [0.4, 0.5) is 17.1 Å². The number of hydrogen-bond acceptors (Lipinski definition) is 4. The van der Waals surface area contributed by atoms with Gasteiger partial charge in [0, 0.05) is 16.4 Å². The Balaban J connectivity index is 1.62. The summed E-state index contributed by atoms with van der Waals surface area (Å²) in [5, 5.41) is 6.30. The molecule has 0 bridgehead atoms. The standard InChI is InChI=1S/C21H17ClN2O3/c22-15-7-6-10-17(13-15)24-20(25)14-27-21(26)18-11-4-5-12-19(18)23-16-8-2-1-3-9-16/h1-13,23H,14H2,(H,24,25). The SMILES string of the molecule is O=C(COC(=O)c1ccccc1Nc1ccccc1)Nc1cccc(Cl)c1. The molecule has 0 fully saturated rings. The van der Waals surface area contributed by atoms with Crippen LogP contribution >= 0.6 is 11.6 Å². The lowest BCUT2D eigenvalue weighted by Gasteiger charge is -2.12. The highest BCUT2D eigenvalue weighted by Gasteiger charge is 2.14. The van der Waals surface area contributed by atoms with Crippen LogP contribution in [0.15, 0.2) is 78.9 Å². The smallest absolute Gasteiger partial charge is 0.340 e. The lowest BCUT2D eigenvalue weighted by atomic mass is 10.1. The first-order chi connectivity index (χ1) is 13.1. The summed E-state index contributed by atoms with van der Waals surface area (Å²) in [6.45, 7) is -0.398. The topological polar surface area (TPSA) is 67.4 Å². The average molecular weight is 381 g/mol. The van der Waals surface area contributed by atoms with E-state index in [0.29, 0.717) is 22.0 Å². The van der Waals surface area contributed by atoms with Gasteiger partial charge in [-0.1, -0.05) is 48.0 Å². The van der Waals surface area contributed by atoms with E-state index in [1.807, 2.05) is 36.4 Å². The molecule has 27 heavy (non-hydrogen) atoms. The molecule has 136 valence electrons. The molecule has 0 atom stereocenters. The number of hydrogen-bond donors (Lipinski definition) is 2. The maximum atomic E-state index is 12.4. The molecule has 3 aromatic carbocycles. The lowest BCUT2D eigenvalue weighted by molar-refractivity contribution is -0.119. The van der Waals surface area contributed by atoms with E-state index in [4.69, 9.17) is 16.3 Å². The summed E-state index contributed by atoms with van der Waals surface area (Å²) in [5.41, 5.74) is 2.33. The van der Waals surface area contributed by atoms with E-state index < -0.39 is 18.5 Å². The Morgan fingerprint density at radius 3 is 2.33 bits per heavy atom. The molecule has 2 N–H and O–H groups in total. The second-order valence-corrected chi connectivity index (χ2v) is 6.11. The van der Waals surface area contributed by atoms with E-state index in [-0.39, 0.29) is 0 Å². The van der Waals surface area contributed by atoms with Crippen molar-refractivity contribution in [1.82, 2.24) is 0 Å². The van der Waals surface area contributed by atoms with Gasteiger partial charge in [0.25, 0.3) is 5.91 Å². The molecule has 3 rings (SSSR count). The number of halogens is 1. The highest BCUT2D eigenvalue weighted by Crippen LogP contribution is 2.21. The molecule has 0 aliphatic carbocycles. The number of para-hydroxylation sites is 2. The van der Waals surface area contributed by atoms with Crippen LogP contribution in [0.2, 0.25) is 5.02 Å². The van der Waals surface area contributed by atoms with Crippen LogP contribution in [-0.4, -0.2) is 18.5 Å². The first kappa shape index (κ1) is 18.5. The van der Waals surface area contributed by atoms with Gasteiger partial charge in [-0.15, -0.1) is 0 Å². The van der Waals surface area contributed by atoms with Gasteiger partial charge >= 0.3 is 5.97 Å². The van der Waals surface area contributed by atoms with E-state index in [9.17, 15) is 9.59 Å². The fraction of sp³-hybridized carbons (Fsp3) is 0.0476. The van der Waals surface area contributed by atoms with Crippen LogP contribution in [-0.2, 0) is 9.53 Å². The molecular formula is C21H17ClN2O3. The van der Waals surface area contributed by atoms with Crippen LogP contribution < -0.4 is 10.6 Å². The van der Waals surface area contributed by atoms with Gasteiger partial charge < -0.3 is 15.4 Å². The molecule has 0 saturated carbocycles. The van der Waals surface area contributed by atoms with Gasteiger partial charge in [-0.3, -0.25) is 4.79 Å². The van der Waals surface area contributed by atoms with Crippen molar-refractivity contribution >= 4 is 40.5 Å². The molecule has 0 unspecified atom stereocenters. The molecular weight excluding hydrogens is 364 g/mol. The predicted octanol–water partition coefficient (Wildman–Crippen LogP) is 4.88. The van der Waals surface area contributed by atoms with Crippen molar-refractivity contribution in [1.29, 1.82) is 0 Å². The van der Waals surface area contributed by atoms with Crippen LogP contribution in [0, 0.1) is 0 Å². The van der Waals surface area contributed by atoms with E-state index in [1.54, 1.807) is 42.5 Å². The number of ether oxygens (including phenoxy) is 1. The Morgan fingerprint density at radius 1 is 0.852 bits per heavy atom. The molecule has 0 aromatic heterocycles. The van der Waals surface area contributed by atoms with Crippen molar-refractivity contribution in [2.45, 2.75) is 0 Å². The summed E-state index contributed by atoms with van der Waals surface area (Å²) in [4.78, 5) is 24.4. The molecule has 5 nitrogen and oxygen atoms in total. The zero-order valence-corrected chi connectivity index (χ0v) is 15.1. The third kappa shape index (κ3) is 5.33. The van der Waals surface area contributed by atoms with Crippen molar-refractivity contribution in [3.63, 3.8) is 0 Å². The fourth-order valence-corrected chi connectivity index (χ4v) is 2.61. The van der Waals surface area contributed by atoms with Gasteiger partial charge in [-0.2, -0.15) is 0 Å². The third-order valence-corrected chi connectivity index (χ3v) is 3.88. The first-order valence-electron chi connectivity index (χ1n) is 8.25. The maximum absolute atomic E-state index is 12.4.